The van der Waals surface area contributed by atoms with Gasteiger partial charge in [0.2, 0.25) is 4.93 Å². The molecular weight excluding hydrogens is 140 g/mol. The van der Waals surface area contributed by atoms with E-state index in [1.165, 1.54) is 6.08 Å². The summed E-state index contributed by atoms with van der Waals surface area (Å²) in [5.74, 6) is -1.36. The standard InChI is InChI=1S/C5H8O3S/c1-2-3-5(8,9)4(6)7/h2,8-9H,1,3H2,(H,6,7). The summed E-state index contributed by atoms with van der Waals surface area (Å²) < 4.78 is 0. The van der Waals surface area contributed by atoms with E-state index in [0.717, 1.165) is 0 Å². The molecule has 0 fully saturated rings. The van der Waals surface area contributed by atoms with Gasteiger partial charge in [0.05, 0.1) is 0 Å². The predicted molar refractivity (Wildman–Crippen MR) is 36.4 cm³/mol. The van der Waals surface area contributed by atoms with Crippen molar-refractivity contribution in [3.63, 3.8) is 0 Å². The Hall–Kier alpha value is -0.480. The normalized spacial score (nSPS) is 16.2. The highest BCUT2D eigenvalue weighted by Gasteiger charge is 2.28. The van der Waals surface area contributed by atoms with Crippen molar-refractivity contribution in [2.75, 3.05) is 0 Å². The van der Waals surface area contributed by atoms with E-state index < -0.39 is 10.9 Å². The Morgan fingerprint density at radius 3 is 2.44 bits per heavy atom. The van der Waals surface area contributed by atoms with Crippen molar-refractivity contribution in [3.05, 3.63) is 12.7 Å². The minimum Gasteiger partial charge on any atom is -0.478 e. The lowest BCUT2D eigenvalue weighted by Gasteiger charge is -2.12. The molecule has 3 nitrogen and oxygen atoms in total. The number of aliphatic hydroxyl groups is 1. The zero-order valence-electron chi connectivity index (χ0n) is 4.74. The summed E-state index contributed by atoms with van der Waals surface area (Å²) in [6, 6.07) is 0. The third-order valence-corrected chi connectivity index (χ3v) is 1.15. The first-order valence-electron chi connectivity index (χ1n) is 2.29. The molecule has 0 aliphatic rings. The molecule has 0 aromatic rings. The van der Waals surface area contributed by atoms with Crippen LogP contribution in [0, 0.1) is 0 Å². The van der Waals surface area contributed by atoms with Crippen molar-refractivity contribution < 1.29 is 15.0 Å². The van der Waals surface area contributed by atoms with Crippen molar-refractivity contribution >= 4 is 18.6 Å². The molecule has 4 heteroatoms. The average Bonchev–Trinajstić information content (AvgIpc) is 1.65. The van der Waals surface area contributed by atoms with Crippen molar-refractivity contribution in [2.24, 2.45) is 0 Å². The number of hydrogen-bond donors (Lipinski definition) is 3. The van der Waals surface area contributed by atoms with Gasteiger partial charge in [-0.3, -0.25) is 0 Å². The topological polar surface area (TPSA) is 57.5 Å². The first kappa shape index (κ1) is 8.52. The molecule has 1 atom stereocenters. The summed E-state index contributed by atoms with van der Waals surface area (Å²) in [5, 5.41) is 17.0. The Morgan fingerprint density at radius 2 is 2.33 bits per heavy atom. The molecule has 0 aliphatic carbocycles. The average molecular weight is 148 g/mol. The van der Waals surface area contributed by atoms with Crippen molar-refractivity contribution in [1.82, 2.24) is 0 Å². The molecule has 52 valence electrons. The first-order chi connectivity index (χ1) is 4.00. The van der Waals surface area contributed by atoms with Gasteiger partial charge < -0.3 is 10.2 Å². The van der Waals surface area contributed by atoms with E-state index in [1.54, 1.807) is 0 Å². The Bertz CT molecular complexity index is 130. The summed E-state index contributed by atoms with van der Waals surface area (Å²) >= 11 is 3.45. The largest absolute Gasteiger partial charge is 0.478 e. The SMILES string of the molecule is C=CCC(O)(S)C(=O)O. The monoisotopic (exact) mass is 148 g/mol. The second-order valence-electron chi connectivity index (χ2n) is 1.61. The molecule has 0 heterocycles. The number of carboxylic acids is 1. The highest BCUT2D eigenvalue weighted by molar-refractivity contribution is 7.82. The summed E-state index contributed by atoms with van der Waals surface area (Å²) in [7, 11) is 0. The maximum Gasteiger partial charge on any atom is 0.346 e. The first-order valence-corrected chi connectivity index (χ1v) is 2.74. The van der Waals surface area contributed by atoms with Crippen LogP contribution in [-0.4, -0.2) is 21.1 Å². The van der Waals surface area contributed by atoms with Crippen LogP contribution in [0.4, 0.5) is 0 Å². The molecule has 0 bridgehead atoms. The number of aliphatic carboxylic acids is 1. The fourth-order valence-corrected chi connectivity index (χ4v) is 0.418. The summed E-state index contributed by atoms with van der Waals surface area (Å²) in [4.78, 5) is 8.08. The van der Waals surface area contributed by atoms with Crippen LogP contribution in [0.5, 0.6) is 0 Å². The van der Waals surface area contributed by atoms with E-state index in [9.17, 15) is 4.79 Å². The lowest BCUT2D eigenvalue weighted by molar-refractivity contribution is -0.149. The molecule has 0 amide bonds. The molecular formula is C5H8O3S. The van der Waals surface area contributed by atoms with Gasteiger partial charge in [-0.05, 0) is 0 Å². The summed E-state index contributed by atoms with van der Waals surface area (Å²) in [5.41, 5.74) is 0. The van der Waals surface area contributed by atoms with Crippen molar-refractivity contribution in [2.45, 2.75) is 11.4 Å². The minimum atomic E-state index is -1.96. The lowest BCUT2D eigenvalue weighted by atomic mass is 10.2. The molecule has 9 heavy (non-hydrogen) atoms. The third-order valence-electron chi connectivity index (χ3n) is 0.771. The van der Waals surface area contributed by atoms with Crippen LogP contribution in [0.3, 0.4) is 0 Å². The van der Waals surface area contributed by atoms with Crippen molar-refractivity contribution in [1.29, 1.82) is 0 Å². The van der Waals surface area contributed by atoms with Gasteiger partial charge >= 0.3 is 5.97 Å². The Morgan fingerprint density at radius 1 is 1.89 bits per heavy atom. The zero-order chi connectivity index (χ0) is 7.49. The number of thiol groups is 1. The van der Waals surface area contributed by atoms with Gasteiger partial charge in [0.15, 0.2) is 0 Å². The molecule has 0 saturated carbocycles. The zero-order valence-corrected chi connectivity index (χ0v) is 5.64. The Kier molecular flexibility index (Phi) is 2.73. The summed E-state index contributed by atoms with van der Waals surface area (Å²) in [6.45, 7) is 3.26. The maximum atomic E-state index is 10.0. The molecule has 0 rings (SSSR count). The van der Waals surface area contributed by atoms with E-state index in [2.05, 4.69) is 19.2 Å². The van der Waals surface area contributed by atoms with Gasteiger partial charge in [0, 0.05) is 6.42 Å². The van der Waals surface area contributed by atoms with Crippen LogP contribution in [0.1, 0.15) is 6.42 Å². The van der Waals surface area contributed by atoms with E-state index in [1.807, 2.05) is 0 Å². The van der Waals surface area contributed by atoms with E-state index in [4.69, 9.17) is 10.2 Å². The van der Waals surface area contributed by atoms with Crippen molar-refractivity contribution in [3.8, 4) is 0 Å². The molecule has 0 radical (unpaired) electrons. The lowest BCUT2D eigenvalue weighted by Crippen LogP contribution is -2.31. The van der Waals surface area contributed by atoms with Crippen LogP contribution in [0.15, 0.2) is 12.7 Å². The molecule has 0 spiro atoms. The van der Waals surface area contributed by atoms with E-state index in [0.29, 0.717) is 0 Å². The second kappa shape index (κ2) is 2.89. The van der Waals surface area contributed by atoms with Crippen LogP contribution in [0.25, 0.3) is 0 Å². The van der Waals surface area contributed by atoms with Gasteiger partial charge in [0.1, 0.15) is 0 Å². The fourth-order valence-electron chi connectivity index (χ4n) is 0.289. The van der Waals surface area contributed by atoms with E-state index in [-0.39, 0.29) is 6.42 Å². The molecule has 0 saturated heterocycles. The predicted octanol–water partition coefficient (Wildman–Crippen LogP) is 0.265. The highest BCUT2D eigenvalue weighted by atomic mass is 32.1. The smallest absolute Gasteiger partial charge is 0.346 e. The Balaban J connectivity index is 4.00. The quantitative estimate of drug-likeness (QED) is 0.306. The number of hydrogen-bond acceptors (Lipinski definition) is 3. The molecule has 0 aliphatic heterocycles. The Labute approximate surface area is 58.4 Å². The van der Waals surface area contributed by atoms with Gasteiger partial charge in [-0.1, -0.05) is 6.08 Å². The second-order valence-corrected chi connectivity index (χ2v) is 2.35. The number of rotatable bonds is 3. The maximum absolute atomic E-state index is 10.0. The third kappa shape index (κ3) is 2.53. The minimum absolute atomic E-state index is 0.0640. The fraction of sp³-hybridized carbons (Fsp3) is 0.400. The number of carbonyl (C=O) groups is 1. The molecule has 0 aromatic carbocycles. The van der Waals surface area contributed by atoms with Crippen LogP contribution in [-0.2, 0) is 4.79 Å². The van der Waals surface area contributed by atoms with Crippen LogP contribution in [0.2, 0.25) is 0 Å². The molecule has 1 unspecified atom stereocenters. The molecule has 0 aromatic heterocycles. The number of carboxylic acid groups (broad SMARTS) is 1. The van der Waals surface area contributed by atoms with Crippen LogP contribution >= 0.6 is 12.6 Å². The van der Waals surface area contributed by atoms with Gasteiger partial charge in [-0.25, -0.2) is 4.79 Å². The highest BCUT2D eigenvalue weighted by Crippen LogP contribution is 2.14. The van der Waals surface area contributed by atoms with Gasteiger partial charge in [0.25, 0.3) is 0 Å². The van der Waals surface area contributed by atoms with Gasteiger partial charge in [-0.15, -0.1) is 19.2 Å². The van der Waals surface area contributed by atoms with Crippen LogP contribution < -0.4 is 0 Å². The van der Waals surface area contributed by atoms with E-state index >= 15 is 0 Å². The molecule has 2 N–H and O–H groups in total. The van der Waals surface area contributed by atoms with Gasteiger partial charge in [-0.2, -0.15) is 0 Å². The summed E-state index contributed by atoms with van der Waals surface area (Å²) in [6.07, 6.45) is 1.23.